The number of rotatable bonds is 14. The lowest BCUT2D eigenvalue weighted by Crippen LogP contribution is -2.63. The summed E-state index contributed by atoms with van der Waals surface area (Å²) in [5, 5.41) is 33.0. The summed E-state index contributed by atoms with van der Waals surface area (Å²) < 4.78 is 5.68. The van der Waals surface area contributed by atoms with Crippen LogP contribution in [0.3, 0.4) is 0 Å². The molecule has 5 rings (SSSR count). The van der Waals surface area contributed by atoms with E-state index in [4.69, 9.17) is 4.74 Å². The maximum absolute atomic E-state index is 15.8. The summed E-state index contributed by atoms with van der Waals surface area (Å²) in [4.78, 5) is 141. The van der Waals surface area contributed by atoms with E-state index in [9.17, 15) is 29.4 Å². The van der Waals surface area contributed by atoms with Crippen molar-refractivity contribution in [2.75, 3.05) is 41.3 Å². The van der Waals surface area contributed by atoms with Gasteiger partial charge in [0.05, 0.1) is 12.1 Å². The van der Waals surface area contributed by atoms with Gasteiger partial charge in [-0.25, -0.2) is 14.1 Å². The second-order valence-electron chi connectivity index (χ2n) is 25.3. The highest BCUT2D eigenvalue weighted by Gasteiger charge is 2.82. The van der Waals surface area contributed by atoms with Gasteiger partial charge < -0.3 is 50.5 Å². The number of amides is 8. The highest BCUT2D eigenvalue weighted by molar-refractivity contribution is 6.00. The lowest BCUT2D eigenvalue weighted by molar-refractivity contribution is -0.734. The van der Waals surface area contributed by atoms with Crippen LogP contribution in [0.4, 0.5) is 0 Å². The van der Waals surface area contributed by atoms with Crippen molar-refractivity contribution in [1.82, 2.24) is 35.6 Å². The minimum absolute atomic E-state index is 0.0231. The zero-order valence-electron chi connectivity index (χ0n) is 51.4. The number of nitrogens with zero attached hydrogens (tertiary/aromatic N) is 5. The fourth-order valence-electron chi connectivity index (χ4n) is 12.7. The Morgan fingerprint density at radius 3 is 1.70 bits per heavy atom. The number of benzene rings is 2. The Morgan fingerprint density at radius 1 is 0.671 bits per heavy atom. The summed E-state index contributed by atoms with van der Waals surface area (Å²) in [6.45, 7) is 20.7. The van der Waals surface area contributed by atoms with Crippen LogP contribution in [0.2, 0.25) is 0 Å². The number of cyclic esters (lactones) is 1. The monoisotopic (exact) mass is 1140 g/mol. The molecule has 0 aromatic heterocycles. The molecule has 20 heteroatoms. The van der Waals surface area contributed by atoms with Gasteiger partial charge in [0, 0.05) is 53.4 Å². The first-order valence-electron chi connectivity index (χ1n) is 29.4. The minimum Gasteiger partial charge on any atom is -0.450 e. The molecule has 82 heavy (non-hydrogen) atoms. The number of esters is 1. The van der Waals surface area contributed by atoms with E-state index in [1.165, 1.54) is 46.9 Å². The van der Waals surface area contributed by atoms with Gasteiger partial charge in [-0.2, -0.15) is 0 Å². The van der Waals surface area contributed by atoms with E-state index in [-0.39, 0.29) is 38.3 Å². The zero-order valence-corrected chi connectivity index (χ0v) is 51.4. The third kappa shape index (κ3) is 14.2. The lowest BCUT2D eigenvalue weighted by atomic mass is 9.92. The van der Waals surface area contributed by atoms with Crippen LogP contribution in [0.15, 0.2) is 60.7 Å². The number of ether oxygens (including phenoxy) is 1. The number of aliphatic hydroxyl groups is 2. The van der Waals surface area contributed by atoms with Gasteiger partial charge in [-0.05, 0) is 67.9 Å². The molecular weight excluding hydrogens is 1050 g/mol. The number of carbonyl (C=O) groups excluding carboxylic acids is 9. The third-order valence-corrected chi connectivity index (χ3v) is 17.4. The highest BCUT2D eigenvalue weighted by atomic mass is 16.6. The molecular formula is C62H95N8O12+. The third-order valence-electron chi connectivity index (χ3n) is 17.4. The molecule has 454 valence electrons. The van der Waals surface area contributed by atoms with E-state index < -0.39 is 147 Å². The zero-order chi connectivity index (χ0) is 61.5. The summed E-state index contributed by atoms with van der Waals surface area (Å²) >= 11 is 0. The number of hydrogen-bond acceptors (Lipinski definition) is 12. The highest BCUT2D eigenvalue weighted by Crippen LogP contribution is 2.54. The first-order valence-corrected chi connectivity index (χ1v) is 29.4. The van der Waals surface area contributed by atoms with Crippen molar-refractivity contribution in [2.24, 2.45) is 29.6 Å². The Balaban J connectivity index is 1.74. The second-order valence-corrected chi connectivity index (χ2v) is 25.3. The average molecular weight is 1140 g/mol. The summed E-state index contributed by atoms with van der Waals surface area (Å²) in [5.74, 6) is -9.11. The normalized spacial score (nSPS) is 29.5. The molecule has 8 amide bonds. The SMILES string of the molecule is CCCC(C)C1NC(=O)C23CCC[N+]2(C3)C(=O)C(C(O)c2ccccc2)N(C)C(=O)C(Cc2ccccc2)NC(=O)C(C(C)C)N(C)C(=O)C(C(C)CC)OC(=O)C(C(C)(C)O)N(C)C(=O)C(CC(C)C)NC(=O)C(C(C)C)N(C)C1=O. The molecule has 0 aliphatic carbocycles. The number of quaternary nitrogens is 1. The number of carbonyl (C=O) groups is 9. The first kappa shape index (κ1) is 66.5. The summed E-state index contributed by atoms with van der Waals surface area (Å²) in [5.41, 5.74) is -2.42. The van der Waals surface area contributed by atoms with Crippen LogP contribution in [0.5, 0.6) is 0 Å². The molecule has 3 fully saturated rings. The molecule has 0 saturated carbocycles. The van der Waals surface area contributed by atoms with Gasteiger partial charge in [0.1, 0.15) is 36.3 Å². The fourth-order valence-corrected chi connectivity index (χ4v) is 12.7. The van der Waals surface area contributed by atoms with Crippen LogP contribution in [-0.4, -0.2) is 188 Å². The molecule has 13 atom stereocenters. The lowest BCUT2D eigenvalue weighted by Gasteiger charge is -2.39. The van der Waals surface area contributed by atoms with Crippen molar-refractivity contribution >= 4 is 53.2 Å². The van der Waals surface area contributed by atoms with Crippen molar-refractivity contribution in [3.8, 4) is 0 Å². The van der Waals surface area contributed by atoms with Gasteiger partial charge >= 0.3 is 11.9 Å². The maximum Gasteiger partial charge on any atom is 0.340 e. The smallest absolute Gasteiger partial charge is 0.340 e. The largest absolute Gasteiger partial charge is 0.450 e. The van der Waals surface area contributed by atoms with Crippen molar-refractivity contribution in [3.05, 3.63) is 71.8 Å². The molecule has 3 aliphatic rings. The molecule has 0 radical (unpaired) electrons. The van der Waals surface area contributed by atoms with Crippen molar-refractivity contribution in [2.45, 2.75) is 194 Å². The minimum atomic E-state index is -1.99. The molecule has 0 bridgehead atoms. The summed E-state index contributed by atoms with van der Waals surface area (Å²) in [6.07, 6.45) is -1.04. The van der Waals surface area contributed by atoms with Crippen molar-refractivity contribution in [1.29, 1.82) is 0 Å². The van der Waals surface area contributed by atoms with E-state index >= 15 is 24.0 Å². The van der Waals surface area contributed by atoms with E-state index in [1.54, 1.807) is 102 Å². The second kappa shape index (κ2) is 27.4. The van der Waals surface area contributed by atoms with Crippen LogP contribution < -0.4 is 16.0 Å². The van der Waals surface area contributed by atoms with Gasteiger partial charge in [-0.15, -0.1) is 0 Å². The van der Waals surface area contributed by atoms with Crippen molar-refractivity contribution in [3.63, 3.8) is 0 Å². The number of hydrogen-bond donors (Lipinski definition) is 5. The molecule has 3 aliphatic heterocycles. The van der Waals surface area contributed by atoms with Crippen LogP contribution in [-0.2, 0) is 54.3 Å². The van der Waals surface area contributed by atoms with Crippen LogP contribution in [0.25, 0.3) is 0 Å². The van der Waals surface area contributed by atoms with Gasteiger partial charge in [-0.1, -0.05) is 136 Å². The van der Waals surface area contributed by atoms with Gasteiger partial charge in [0.15, 0.2) is 24.7 Å². The van der Waals surface area contributed by atoms with Gasteiger partial charge in [-0.3, -0.25) is 33.6 Å². The summed E-state index contributed by atoms with van der Waals surface area (Å²) in [7, 11) is 5.53. The number of likely N-dealkylation sites (N-methyl/N-ethyl adjacent to an activating group) is 4. The van der Waals surface area contributed by atoms with Crippen molar-refractivity contribution < 1.29 is 62.6 Å². The maximum atomic E-state index is 15.8. The topological polar surface area (TPSA) is 252 Å². The predicted molar refractivity (Wildman–Crippen MR) is 309 cm³/mol. The van der Waals surface area contributed by atoms with E-state index in [0.29, 0.717) is 36.8 Å². The summed E-state index contributed by atoms with van der Waals surface area (Å²) in [6, 6.07) is 7.57. The van der Waals surface area contributed by atoms with Gasteiger partial charge in [0.25, 0.3) is 11.8 Å². The van der Waals surface area contributed by atoms with E-state index in [0.717, 1.165) is 14.7 Å². The quantitative estimate of drug-likeness (QED) is 0.102. The van der Waals surface area contributed by atoms with Crippen LogP contribution in [0.1, 0.15) is 139 Å². The average Bonchev–Trinajstić information content (AvgIpc) is 1.83. The Bertz CT molecular complexity index is 2610. The molecule has 3 heterocycles. The molecule has 2 aromatic rings. The molecule has 3 saturated heterocycles. The first-order chi connectivity index (χ1) is 38.3. The van der Waals surface area contributed by atoms with Crippen LogP contribution >= 0.6 is 0 Å². The Morgan fingerprint density at radius 2 is 1.18 bits per heavy atom. The standard InChI is InChI=1S/C62H94N8O12/c1-17-26-40(10)45-56(76)66(13)46(37(5)6)52(72)63-43(33-36(3)4)55(75)69(16)51(61(11,12)81)59(79)82-50(39(9)18-2)57(77)67(14)47(38(7)8)53(73)64-44(34-41-27-21-19-22-28-41)54(74)68(15)48(49(71)42-29-23-20-24-30-42)58(78)70-32-25-31-62(70,35-70)60(80)65-45/h19-24,27-30,36-40,43-51,71,81H,17-18,25-26,31-35H2,1-16H3,(H2-,63,64,65,72,73,80)/p+1. The predicted octanol–water partition coefficient (Wildman–Crippen LogP) is 4.15. The van der Waals surface area contributed by atoms with E-state index in [2.05, 4.69) is 16.0 Å². The van der Waals surface area contributed by atoms with Crippen LogP contribution in [0, 0.1) is 29.6 Å². The molecule has 5 N–H and O–H groups in total. The van der Waals surface area contributed by atoms with Gasteiger partial charge in [0.2, 0.25) is 35.1 Å². The molecule has 20 nitrogen and oxygen atoms in total. The molecule has 13 unspecified atom stereocenters. The van der Waals surface area contributed by atoms with E-state index in [1.807, 2.05) is 27.7 Å². The molecule has 0 spiro atoms. The fraction of sp³-hybridized carbons (Fsp3) is 0.661. The number of piperidine rings is 1. The number of aliphatic hydroxyl groups excluding tert-OH is 1. The Kier molecular flexibility index (Phi) is 22.3. The number of nitrogens with one attached hydrogen (secondary N) is 3. The molecule has 2 aromatic carbocycles. The Hall–Kier alpha value is -6.25. The Labute approximate surface area is 486 Å².